The lowest BCUT2D eigenvalue weighted by atomic mass is 10.2. The van der Waals surface area contributed by atoms with Gasteiger partial charge in [0.15, 0.2) is 0 Å². The largest absolute Gasteiger partial charge is 0.416 e. The van der Waals surface area contributed by atoms with E-state index >= 15 is 0 Å². The zero-order valence-electron chi connectivity index (χ0n) is 14.5. The van der Waals surface area contributed by atoms with Gasteiger partial charge in [0.1, 0.15) is 0 Å². The van der Waals surface area contributed by atoms with E-state index in [2.05, 4.69) is 10.6 Å². The molecule has 142 valence electrons. The van der Waals surface area contributed by atoms with E-state index in [1.54, 1.807) is 4.90 Å². The first-order valence-corrected chi connectivity index (χ1v) is 8.34. The summed E-state index contributed by atoms with van der Waals surface area (Å²) in [5.74, 6) is -0.0984. The molecule has 1 fully saturated rings. The zero-order chi connectivity index (χ0) is 19.6. The number of aryl methyl sites for hydroxylation is 1. The van der Waals surface area contributed by atoms with Crippen LogP contribution in [0.3, 0.4) is 0 Å². The van der Waals surface area contributed by atoms with Gasteiger partial charge >= 0.3 is 12.2 Å². The maximum absolute atomic E-state index is 12.6. The molecule has 0 aliphatic carbocycles. The van der Waals surface area contributed by atoms with E-state index in [-0.39, 0.29) is 24.1 Å². The fraction of sp³-hybridized carbons (Fsp3) is 0.263. The number of carbonyl (C=O) groups is 2. The average Bonchev–Trinajstić information content (AvgIpc) is 2.95. The van der Waals surface area contributed by atoms with E-state index in [1.807, 2.05) is 31.2 Å². The first kappa shape index (κ1) is 18.8. The summed E-state index contributed by atoms with van der Waals surface area (Å²) >= 11 is 0. The Labute approximate surface area is 154 Å². The molecular weight excluding hydrogens is 359 g/mol. The van der Waals surface area contributed by atoms with Crippen molar-refractivity contribution in [2.45, 2.75) is 25.6 Å². The van der Waals surface area contributed by atoms with E-state index in [1.165, 1.54) is 12.1 Å². The molecule has 27 heavy (non-hydrogen) atoms. The van der Waals surface area contributed by atoms with Gasteiger partial charge in [0.05, 0.1) is 11.6 Å². The number of rotatable bonds is 3. The smallest absolute Gasteiger partial charge is 0.333 e. The van der Waals surface area contributed by atoms with Gasteiger partial charge in [-0.15, -0.1) is 0 Å². The first-order chi connectivity index (χ1) is 12.7. The third kappa shape index (κ3) is 4.58. The zero-order valence-corrected chi connectivity index (χ0v) is 14.5. The third-order valence-electron chi connectivity index (χ3n) is 4.28. The van der Waals surface area contributed by atoms with Crippen LogP contribution in [0.25, 0.3) is 0 Å². The van der Waals surface area contributed by atoms with Crippen LogP contribution in [0.2, 0.25) is 0 Å². The highest BCUT2D eigenvalue weighted by Crippen LogP contribution is 2.29. The summed E-state index contributed by atoms with van der Waals surface area (Å²) in [6.45, 7) is 2.29. The van der Waals surface area contributed by atoms with Crippen LogP contribution in [0.4, 0.5) is 29.3 Å². The number of nitrogens with zero attached hydrogens (tertiary/aromatic N) is 1. The molecule has 1 saturated heterocycles. The van der Waals surface area contributed by atoms with Crippen molar-refractivity contribution in [3.8, 4) is 0 Å². The van der Waals surface area contributed by atoms with E-state index < -0.39 is 17.8 Å². The molecule has 0 bridgehead atoms. The lowest BCUT2D eigenvalue weighted by molar-refractivity contribution is -0.137. The van der Waals surface area contributed by atoms with Crippen molar-refractivity contribution in [3.63, 3.8) is 0 Å². The summed E-state index contributed by atoms with van der Waals surface area (Å²) < 4.78 is 37.7. The molecule has 0 saturated carbocycles. The van der Waals surface area contributed by atoms with Gasteiger partial charge in [-0.05, 0) is 43.3 Å². The predicted molar refractivity (Wildman–Crippen MR) is 95.5 cm³/mol. The minimum atomic E-state index is -4.43. The number of nitrogens with one attached hydrogen (secondary N) is 2. The summed E-state index contributed by atoms with van der Waals surface area (Å²) in [5, 5.41) is 5.16. The normalized spacial score (nSPS) is 17.1. The second kappa shape index (κ2) is 7.30. The molecule has 2 N–H and O–H groups in total. The SMILES string of the molecule is Cc1ccc(N2C[C@H](NC(=O)Nc3ccc(C(F)(F)F)cc3)CC2=O)cc1. The Morgan fingerprint density at radius 1 is 1.07 bits per heavy atom. The second-order valence-electron chi connectivity index (χ2n) is 6.41. The summed E-state index contributed by atoms with van der Waals surface area (Å²) in [7, 11) is 0. The molecule has 1 atom stereocenters. The van der Waals surface area contributed by atoms with Crippen LogP contribution in [-0.4, -0.2) is 24.5 Å². The molecule has 1 aliphatic rings. The molecule has 1 aliphatic heterocycles. The molecule has 3 rings (SSSR count). The van der Waals surface area contributed by atoms with Gasteiger partial charge in [-0.1, -0.05) is 17.7 Å². The Bertz CT molecular complexity index is 833. The van der Waals surface area contributed by atoms with Gasteiger partial charge in [0, 0.05) is 24.3 Å². The summed E-state index contributed by atoms with van der Waals surface area (Å²) in [5.41, 5.74) is 1.29. The third-order valence-corrected chi connectivity index (χ3v) is 4.28. The van der Waals surface area contributed by atoms with Crippen molar-refractivity contribution < 1.29 is 22.8 Å². The predicted octanol–water partition coefficient (Wildman–Crippen LogP) is 3.94. The first-order valence-electron chi connectivity index (χ1n) is 8.34. The molecule has 0 spiro atoms. The number of urea groups is 1. The molecule has 8 heteroatoms. The Morgan fingerprint density at radius 2 is 1.70 bits per heavy atom. The Balaban J connectivity index is 1.57. The maximum atomic E-state index is 12.6. The van der Waals surface area contributed by atoms with Gasteiger partial charge in [0.2, 0.25) is 5.91 Å². The van der Waals surface area contributed by atoms with Gasteiger partial charge < -0.3 is 15.5 Å². The number of hydrogen-bond donors (Lipinski definition) is 2. The highest BCUT2D eigenvalue weighted by atomic mass is 19.4. The lowest BCUT2D eigenvalue weighted by Gasteiger charge is -2.17. The minimum absolute atomic E-state index is 0.0984. The van der Waals surface area contributed by atoms with Crippen LogP contribution in [0.15, 0.2) is 48.5 Å². The number of halogens is 3. The van der Waals surface area contributed by atoms with E-state index in [9.17, 15) is 22.8 Å². The van der Waals surface area contributed by atoms with Crippen molar-refractivity contribution in [1.82, 2.24) is 5.32 Å². The molecule has 2 aromatic carbocycles. The standard InChI is InChI=1S/C19H18F3N3O2/c1-12-2-8-16(9-3-12)25-11-15(10-17(25)26)24-18(27)23-14-6-4-13(5-7-14)19(20,21)22/h2-9,15H,10-11H2,1H3,(H2,23,24,27)/t15-/m1/s1. The fourth-order valence-electron chi connectivity index (χ4n) is 2.87. The van der Waals surface area contributed by atoms with Crippen molar-refractivity contribution in [1.29, 1.82) is 0 Å². The van der Waals surface area contributed by atoms with Crippen molar-refractivity contribution >= 4 is 23.3 Å². The number of benzene rings is 2. The highest BCUT2D eigenvalue weighted by molar-refractivity contribution is 5.97. The van der Waals surface area contributed by atoms with Crippen LogP contribution in [0.5, 0.6) is 0 Å². The topological polar surface area (TPSA) is 61.4 Å². The van der Waals surface area contributed by atoms with Gasteiger partial charge in [-0.3, -0.25) is 4.79 Å². The molecular formula is C19H18F3N3O2. The molecule has 2 aromatic rings. The van der Waals surface area contributed by atoms with E-state index in [0.717, 1.165) is 23.4 Å². The highest BCUT2D eigenvalue weighted by Gasteiger charge is 2.32. The second-order valence-corrected chi connectivity index (χ2v) is 6.41. The van der Waals surface area contributed by atoms with Crippen LogP contribution in [-0.2, 0) is 11.0 Å². The molecule has 1 heterocycles. The van der Waals surface area contributed by atoms with Gasteiger partial charge in [-0.2, -0.15) is 13.2 Å². The van der Waals surface area contributed by atoms with Gasteiger partial charge in [0.25, 0.3) is 0 Å². The van der Waals surface area contributed by atoms with Gasteiger partial charge in [-0.25, -0.2) is 4.79 Å². The summed E-state index contributed by atoms with van der Waals surface area (Å²) in [6.07, 6.45) is -4.27. The van der Waals surface area contributed by atoms with E-state index in [0.29, 0.717) is 6.54 Å². The molecule has 5 nitrogen and oxygen atoms in total. The van der Waals surface area contributed by atoms with Crippen LogP contribution < -0.4 is 15.5 Å². The lowest BCUT2D eigenvalue weighted by Crippen LogP contribution is -2.39. The Kier molecular flexibility index (Phi) is 5.07. The fourth-order valence-corrected chi connectivity index (χ4v) is 2.87. The number of hydrogen-bond acceptors (Lipinski definition) is 2. The average molecular weight is 377 g/mol. The number of amides is 3. The molecule has 0 aromatic heterocycles. The number of alkyl halides is 3. The monoisotopic (exact) mass is 377 g/mol. The molecule has 0 radical (unpaired) electrons. The molecule has 0 unspecified atom stereocenters. The Hall–Kier alpha value is -3.03. The van der Waals surface area contributed by atoms with E-state index in [4.69, 9.17) is 0 Å². The van der Waals surface area contributed by atoms with Crippen molar-refractivity contribution in [3.05, 3.63) is 59.7 Å². The van der Waals surface area contributed by atoms with Crippen LogP contribution >= 0.6 is 0 Å². The van der Waals surface area contributed by atoms with Crippen LogP contribution in [0, 0.1) is 6.92 Å². The van der Waals surface area contributed by atoms with Crippen LogP contribution in [0.1, 0.15) is 17.5 Å². The summed E-state index contributed by atoms with van der Waals surface area (Å²) in [6, 6.07) is 10.7. The summed E-state index contributed by atoms with van der Waals surface area (Å²) in [4.78, 5) is 25.9. The Morgan fingerprint density at radius 3 is 2.30 bits per heavy atom. The quantitative estimate of drug-likeness (QED) is 0.851. The number of anilines is 2. The van der Waals surface area contributed by atoms with Crippen molar-refractivity contribution in [2.75, 3.05) is 16.8 Å². The maximum Gasteiger partial charge on any atom is 0.416 e. The number of carbonyl (C=O) groups excluding carboxylic acids is 2. The molecule has 3 amide bonds. The van der Waals surface area contributed by atoms with Crippen molar-refractivity contribution in [2.24, 2.45) is 0 Å². The minimum Gasteiger partial charge on any atom is -0.333 e.